The lowest BCUT2D eigenvalue weighted by Crippen LogP contribution is -2.43. The van der Waals surface area contributed by atoms with Gasteiger partial charge in [-0.3, -0.25) is 9.78 Å². The summed E-state index contributed by atoms with van der Waals surface area (Å²) in [5.74, 6) is -0.971. The average molecular weight is 512 g/mol. The molecule has 4 aromatic rings. The maximum Gasteiger partial charge on any atom is 0.257 e. The van der Waals surface area contributed by atoms with Crippen molar-refractivity contribution in [2.24, 2.45) is 0 Å². The lowest BCUT2D eigenvalue weighted by atomic mass is 10.1. The molecule has 190 valence electrons. The smallest absolute Gasteiger partial charge is 0.257 e. The number of benzene rings is 1. The minimum absolute atomic E-state index is 0.197. The minimum atomic E-state index is -2.66. The number of hydrogen-bond donors (Lipinski definition) is 2. The zero-order valence-corrected chi connectivity index (χ0v) is 22.1. The van der Waals surface area contributed by atoms with Crippen molar-refractivity contribution in [2.75, 3.05) is 49.7 Å². The van der Waals surface area contributed by atoms with Crippen LogP contribution in [0.4, 0.5) is 15.8 Å². The number of carbonyl (C=O) groups is 1. The number of halogens is 1. The highest BCUT2D eigenvalue weighted by Gasteiger charge is 2.23. The maximum atomic E-state index is 14.5. The molecule has 9 nitrogen and oxygen atoms in total. The normalized spacial score (nSPS) is 14.0. The molecule has 1 fully saturated rings. The zero-order chi connectivity index (χ0) is 26.0. The molecule has 5 rings (SSSR count). The highest BCUT2D eigenvalue weighted by Crippen LogP contribution is 2.35. The van der Waals surface area contributed by atoms with E-state index in [1.165, 1.54) is 16.7 Å². The summed E-state index contributed by atoms with van der Waals surface area (Å²) >= 11 is 0. The molecule has 0 unspecified atom stereocenters. The van der Waals surface area contributed by atoms with Crippen molar-refractivity contribution >= 4 is 46.5 Å². The highest BCUT2D eigenvalue weighted by molar-refractivity contribution is 7.69. The van der Waals surface area contributed by atoms with E-state index in [-0.39, 0.29) is 5.65 Å². The van der Waals surface area contributed by atoms with E-state index < -0.39 is 18.9 Å². The Labute approximate surface area is 209 Å². The molecular weight excluding hydrogens is 480 g/mol. The monoisotopic (exact) mass is 511 g/mol. The summed E-state index contributed by atoms with van der Waals surface area (Å²) in [7, 11) is -2.66. The fraction of sp³-hybridized carbons (Fsp3) is 0.360. The Hall–Kier alpha value is -3.36. The van der Waals surface area contributed by atoms with Crippen molar-refractivity contribution in [3.8, 4) is 0 Å². The SMILES string of the molecule is CC.Cc1cn2cc(NC(=O)c3ccc(N4CCNCC4)c4nc(P(C)(C)=O)cnc34)cc(F)c2n1. The number of piperazine rings is 1. The second-order valence-corrected chi connectivity index (χ2v) is 11.9. The first kappa shape index (κ1) is 25.7. The Morgan fingerprint density at radius 1 is 1.11 bits per heavy atom. The average Bonchev–Trinajstić information content (AvgIpc) is 3.25. The summed E-state index contributed by atoms with van der Waals surface area (Å²) in [4.78, 5) is 28.8. The van der Waals surface area contributed by atoms with Crippen LogP contribution in [-0.4, -0.2) is 64.8 Å². The Balaban J connectivity index is 0.00000148. The van der Waals surface area contributed by atoms with E-state index in [0.717, 1.165) is 31.9 Å². The van der Waals surface area contributed by atoms with Crippen LogP contribution in [-0.2, 0) is 4.57 Å². The number of hydrogen-bond acceptors (Lipinski definition) is 7. The van der Waals surface area contributed by atoms with Crippen LogP contribution in [0.3, 0.4) is 0 Å². The number of imidazole rings is 1. The highest BCUT2D eigenvalue weighted by atomic mass is 31.2. The van der Waals surface area contributed by atoms with Crippen LogP contribution in [0, 0.1) is 12.7 Å². The van der Waals surface area contributed by atoms with Gasteiger partial charge in [0.1, 0.15) is 23.6 Å². The number of fused-ring (bicyclic) bond motifs is 2. The standard InChI is InChI=1S/C23H25FN7O2P.C2H6/c1-14-12-31-13-15(10-17(24)22(31)27-14)28-23(32)16-4-5-18(30-8-6-25-7-9-30)21-20(16)26-11-19(29-21)34(2,3)33;1-2/h4-5,10-13,25H,6-9H2,1-3H3,(H,28,32);1-2H3. The van der Waals surface area contributed by atoms with Crippen molar-refractivity contribution in [2.45, 2.75) is 20.8 Å². The van der Waals surface area contributed by atoms with Crippen LogP contribution in [0.1, 0.15) is 29.9 Å². The number of aromatic nitrogens is 4. The number of nitrogens with one attached hydrogen (secondary N) is 2. The van der Waals surface area contributed by atoms with E-state index in [1.54, 1.807) is 38.7 Å². The molecular formula is C25H31FN7O2P. The van der Waals surface area contributed by atoms with Gasteiger partial charge >= 0.3 is 0 Å². The minimum Gasteiger partial charge on any atom is -0.367 e. The lowest BCUT2D eigenvalue weighted by Gasteiger charge is -2.30. The molecule has 1 saturated heterocycles. The molecule has 1 aromatic carbocycles. The molecule has 1 aliphatic heterocycles. The Morgan fingerprint density at radius 2 is 1.83 bits per heavy atom. The number of nitrogens with zero attached hydrogens (tertiary/aromatic N) is 5. The fourth-order valence-electron chi connectivity index (χ4n) is 4.13. The first-order valence-electron chi connectivity index (χ1n) is 12.0. The van der Waals surface area contributed by atoms with Gasteiger partial charge in [0, 0.05) is 44.6 Å². The Kier molecular flexibility index (Phi) is 7.38. The van der Waals surface area contributed by atoms with E-state index >= 15 is 0 Å². The molecule has 36 heavy (non-hydrogen) atoms. The van der Waals surface area contributed by atoms with Crippen LogP contribution < -0.4 is 21.0 Å². The van der Waals surface area contributed by atoms with Gasteiger partial charge in [0.25, 0.3) is 5.91 Å². The van der Waals surface area contributed by atoms with Gasteiger partial charge < -0.3 is 24.5 Å². The molecule has 1 amide bonds. The van der Waals surface area contributed by atoms with E-state index in [0.29, 0.717) is 33.4 Å². The predicted molar refractivity (Wildman–Crippen MR) is 143 cm³/mol. The quantitative estimate of drug-likeness (QED) is 0.403. The number of carbonyl (C=O) groups excluding carboxylic acids is 1. The fourth-order valence-corrected chi connectivity index (χ4v) is 4.80. The molecule has 4 heterocycles. The second kappa shape index (κ2) is 10.3. The van der Waals surface area contributed by atoms with E-state index in [1.807, 2.05) is 19.9 Å². The number of anilines is 2. The van der Waals surface area contributed by atoms with Gasteiger partial charge in [0.15, 0.2) is 11.5 Å². The van der Waals surface area contributed by atoms with Gasteiger partial charge in [-0.1, -0.05) is 13.8 Å². The van der Waals surface area contributed by atoms with Crippen LogP contribution >= 0.6 is 7.14 Å². The summed E-state index contributed by atoms with van der Waals surface area (Å²) in [6, 6.07) is 4.79. The Morgan fingerprint density at radius 3 is 2.53 bits per heavy atom. The molecule has 1 aliphatic rings. The third-order valence-electron chi connectivity index (χ3n) is 5.80. The number of pyridine rings is 1. The molecule has 2 N–H and O–H groups in total. The topological polar surface area (TPSA) is 105 Å². The second-order valence-electron chi connectivity index (χ2n) is 8.79. The first-order valence-corrected chi connectivity index (χ1v) is 14.6. The van der Waals surface area contributed by atoms with Crippen LogP contribution in [0.15, 0.2) is 36.8 Å². The number of rotatable bonds is 4. The lowest BCUT2D eigenvalue weighted by molar-refractivity contribution is 0.102. The van der Waals surface area contributed by atoms with E-state index in [2.05, 4.69) is 30.5 Å². The summed E-state index contributed by atoms with van der Waals surface area (Å²) in [6.45, 7) is 12.3. The van der Waals surface area contributed by atoms with Crippen molar-refractivity contribution in [3.63, 3.8) is 0 Å². The Bertz CT molecular complexity index is 1470. The molecule has 3 aromatic heterocycles. The van der Waals surface area contributed by atoms with Gasteiger partial charge in [0.05, 0.1) is 28.8 Å². The summed E-state index contributed by atoms with van der Waals surface area (Å²) in [5.41, 5.74) is 3.67. The van der Waals surface area contributed by atoms with Crippen molar-refractivity contribution < 1.29 is 13.8 Å². The maximum absolute atomic E-state index is 14.5. The third-order valence-corrected chi connectivity index (χ3v) is 7.12. The van der Waals surface area contributed by atoms with Crippen molar-refractivity contribution in [3.05, 3.63) is 53.9 Å². The van der Waals surface area contributed by atoms with E-state index in [9.17, 15) is 13.8 Å². The number of amides is 1. The van der Waals surface area contributed by atoms with Crippen LogP contribution in [0.5, 0.6) is 0 Å². The van der Waals surface area contributed by atoms with Gasteiger partial charge in [-0.25, -0.2) is 14.4 Å². The predicted octanol–water partition coefficient (Wildman–Crippen LogP) is 3.66. The van der Waals surface area contributed by atoms with Gasteiger partial charge in [-0.05, 0) is 32.4 Å². The number of aryl methyl sites for hydroxylation is 1. The van der Waals surface area contributed by atoms with Gasteiger partial charge in [-0.2, -0.15) is 0 Å². The summed E-state index contributed by atoms with van der Waals surface area (Å²) in [6.07, 6.45) is 4.77. The van der Waals surface area contributed by atoms with Crippen molar-refractivity contribution in [1.82, 2.24) is 24.7 Å². The molecule has 0 spiro atoms. The first-order chi connectivity index (χ1) is 17.2. The zero-order valence-electron chi connectivity index (χ0n) is 21.2. The molecule has 0 saturated carbocycles. The van der Waals surface area contributed by atoms with Crippen LogP contribution in [0.2, 0.25) is 0 Å². The summed E-state index contributed by atoms with van der Waals surface area (Å²) < 4.78 is 28.7. The van der Waals surface area contributed by atoms with Crippen molar-refractivity contribution in [1.29, 1.82) is 0 Å². The van der Waals surface area contributed by atoms with Gasteiger partial charge in [-0.15, -0.1) is 0 Å². The summed E-state index contributed by atoms with van der Waals surface area (Å²) in [5, 5.41) is 6.08. The third kappa shape index (κ3) is 5.10. The van der Waals surface area contributed by atoms with Crippen LogP contribution in [0.25, 0.3) is 16.7 Å². The molecule has 0 atom stereocenters. The molecule has 0 radical (unpaired) electrons. The van der Waals surface area contributed by atoms with Gasteiger partial charge in [0.2, 0.25) is 0 Å². The molecule has 0 bridgehead atoms. The molecule has 11 heteroatoms. The van der Waals surface area contributed by atoms with E-state index in [4.69, 9.17) is 0 Å². The largest absolute Gasteiger partial charge is 0.367 e. The molecule has 0 aliphatic carbocycles.